The first-order chi connectivity index (χ1) is 20.1. The Morgan fingerprint density at radius 1 is 1.07 bits per heavy atom. The summed E-state index contributed by atoms with van der Waals surface area (Å²) in [5.74, 6) is -1.82. The summed E-state index contributed by atoms with van der Waals surface area (Å²) < 4.78 is 16.6. The highest BCUT2D eigenvalue weighted by Crippen LogP contribution is 2.38. The lowest BCUT2D eigenvalue weighted by molar-refractivity contribution is -0.118. The first-order valence-corrected chi connectivity index (χ1v) is 13.4. The van der Waals surface area contributed by atoms with Gasteiger partial charge in [0.15, 0.2) is 18.1 Å². The molecule has 0 radical (unpaired) electrons. The molecule has 0 saturated heterocycles. The lowest BCUT2D eigenvalue weighted by atomic mass is 10.1. The van der Waals surface area contributed by atoms with Crippen molar-refractivity contribution >= 4 is 62.8 Å². The molecule has 3 aromatic rings. The largest absolute Gasteiger partial charge is 0.493 e. The number of nitrogens with one attached hydrogen (secondary N) is 1. The number of carbonyl (C=O) groups is 4. The fourth-order valence-electron chi connectivity index (χ4n) is 4.00. The van der Waals surface area contributed by atoms with Crippen LogP contribution in [-0.2, 0) is 14.3 Å². The number of rotatable bonds is 10. The van der Waals surface area contributed by atoms with E-state index in [0.717, 1.165) is 5.01 Å². The second kappa shape index (κ2) is 13.1. The molecule has 0 aliphatic carbocycles. The first kappa shape index (κ1) is 30.0. The van der Waals surface area contributed by atoms with E-state index in [1.165, 1.54) is 19.2 Å². The van der Waals surface area contributed by atoms with Crippen LogP contribution in [0.3, 0.4) is 0 Å². The molecule has 3 aromatic carbocycles. The van der Waals surface area contributed by atoms with E-state index in [4.69, 9.17) is 14.2 Å². The van der Waals surface area contributed by atoms with Gasteiger partial charge in [-0.25, -0.2) is 9.59 Å². The second-order valence-corrected chi connectivity index (χ2v) is 9.74. The molecule has 0 atom stereocenters. The molecule has 0 fully saturated rings. The number of nitrogens with zero attached hydrogens (tertiary/aromatic N) is 2. The Kier molecular flexibility index (Phi) is 9.38. The smallest absolute Gasteiger partial charge is 0.338 e. The van der Waals surface area contributed by atoms with E-state index in [-0.39, 0.29) is 24.5 Å². The van der Waals surface area contributed by atoms with Gasteiger partial charge in [0.25, 0.3) is 11.8 Å². The van der Waals surface area contributed by atoms with Crippen LogP contribution < -0.4 is 19.8 Å². The number of halogens is 1. The highest BCUT2D eigenvalue weighted by molar-refractivity contribution is 9.10. The summed E-state index contributed by atoms with van der Waals surface area (Å²) in [5, 5.41) is 17.4. The van der Waals surface area contributed by atoms with Gasteiger partial charge in [0.05, 0.1) is 46.3 Å². The van der Waals surface area contributed by atoms with Crippen LogP contribution in [0.4, 0.5) is 11.4 Å². The standard InChI is InChI=1S/C30H26BrN3O8/c1-4-41-30(39)19-8-10-21(11-9-19)32-26(35)16-42-27-24(31)13-18(14-25(27)40-3)12-23-17(2)33-34(28(23)36)22-7-5-6-20(15-22)29(37)38/h5-15H,4,16H2,1-3H3,(H,32,35)(H,37,38). The van der Waals surface area contributed by atoms with Gasteiger partial charge in [-0.15, -0.1) is 0 Å². The summed E-state index contributed by atoms with van der Waals surface area (Å²) in [4.78, 5) is 48.8. The number of hydrogen-bond acceptors (Lipinski definition) is 8. The molecule has 1 aliphatic rings. The molecule has 0 saturated carbocycles. The van der Waals surface area contributed by atoms with Crippen LogP contribution in [0.5, 0.6) is 11.5 Å². The number of hydrazone groups is 1. The fraction of sp³-hybridized carbons (Fsp3) is 0.167. The minimum absolute atomic E-state index is 0.0374. The zero-order chi connectivity index (χ0) is 30.4. The molecule has 12 heteroatoms. The summed E-state index contributed by atoms with van der Waals surface area (Å²) in [7, 11) is 1.45. The molecule has 0 spiro atoms. The maximum atomic E-state index is 13.2. The Hall–Kier alpha value is -4.97. The van der Waals surface area contributed by atoms with E-state index in [0.29, 0.717) is 44.0 Å². The molecule has 0 unspecified atom stereocenters. The highest BCUT2D eigenvalue weighted by Gasteiger charge is 2.29. The number of carbonyl (C=O) groups excluding carboxylic acids is 3. The zero-order valence-corrected chi connectivity index (χ0v) is 24.4. The van der Waals surface area contributed by atoms with E-state index < -0.39 is 23.8 Å². The van der Waals surface area contributed by atoms with Gasteiger partial charge >= 0.3 is 11.9 Å². The Bertz CT molecular complexity index is 1620. The number of ether oxygens (including phenoxy) is 3. The summed E-state index contributed by atoms with van der Waals surface area (Å²) in [6.07, 6.45) is 1.63. The van der Waals surface area contributed by atoms with Crippen LogP contribution in [0, 0.1) is 0 Å². The minimum Gasteiger partial charge on any atom is -0.493 e. The summed E-state index contributed by atoms with van der Waals surface area (Å²) in [6, 6.07) is 15.6. The van der Waals surface area contributed by atoms with Gasteiger partial charge in [-0.3, -0.25) is 9.59 Å². The minimum atomic E-state index is -1.11. The third-order valence-corrected chi connectivity index (χ3v) is 6.58. The SMILES string of the molecule is CCOC(=O)c1ccc(NC(=O)COc2c(Br)cc(C=C3C(=O)N(c4cccc(C(=O)O)c4)N=C3C)cc2OC)cc1. The first-order valence-electron chi connectivity index (χ1n) is 12.6. The predicted octanol–water partition coefficient (Wildman–Crippen LogP) is 5.16. The molecule has 42 heavy (non-hydrogen) atoms. The van der Waals surface area contributed by atoms with Crippen molar-refractivity contribution in [1.29, 1.82) is 0 Å². The second-order valence-electron chi connectivity index (χ2n) is 8.88. The fourth-order valence-corrected chi connectivity index (χ4v) is 4.57. The molecule has 0 bridgehead atoms. The van der Waals surface area contributed by atoms with Gasteiger partial charge in [0.1, 0.15) is 0 Å². The quantitative estimate of drug-likeness (QED) is 0.230. The molecule has 0 aromatic heterocycles. The molecule has 216 valence electrons. The van der Waals surface area contributed by atoms with Crippen molar-refractivity contribution in [3.05, 3.63) is 87.4 Å². The van der Waals surface area contributed by atoms with Crippen molar-refractivity contribution in [2.75, 3.05) is 30.6 Å². The summed E-state index contributed by atoms with van der Waals surface area (Å²) >= 11 is 3.45. The van der Waals surface area contributed by atoms with Crippen molar-refractivity contribution in [3.8, 4) is 11.5 Å². The number of amides is 2. The van der Waals surface area contributed by atoms with Gasteiger partial charge in [-0.1, -0.05) is 6.07 Å². The van der Waals surface area contributed by atoms with Crippen LogP contribution in [-0.4, -0.2) is 54.9 Å². The third-order valence-electron chi connectivity index (χ3n) is 5.99. The van der Waals surface area contributed by atoms with Crippen LogP contribution in [0.25, 0.3) is 6.08 Å². The maximum Gasteiger partial charge on any atom is 0.338 e. The van der Waals surface area contributed by atoms with Gasteiger partial charge in [-0.2, -0.15) is 10.1 Å². The zero-order valence-electron chi connectivity index (χ0n) is 22.8. The van der Waals surface area contributed by atoms with Gasteiger partial charge in [-0.05, 0) is 96.0 Å². The Labute approximate surface area is 249 Å². The number of carboxylic acid groups (broad SMARTS) is 1. The molecule has 1 heterocycles. The Morgan fingerprint density at radius 2 is 1.81 bits per heavy atom. The molecule has 4 rings (SSSR count). The predicted molar refractivity (Wildman–Crippen MR) is 159 cm³/mol. The lowest BCUT2D eigenvalue weighted by Crippen LogP contribution is -2.21. The third kappa shape index (κ3) is 6.84. The summed E-state index contributed by atoms with van der Waals surface area (Å²) in [6.45, 7) is 3.33. The highest BCUT2D eigenvalue weighted by atomic mass is 79.9. The molecular weight excluding hydrogens is 610 g/mol. The van der Waals surface area contributed by atoms with Crippen LogP contribution in [0.1, 0.15) is 40.1 Å². The van der Waals surface area contributed by atoms with Gasteiger partial charge < -0.3 is 24.6 Å². The average molecular weight is 636 g/mol. The number of carboxylic acids is 1. The Balaban J connectivity index is 1.46. The maximum absolute atomic E-state index is 13.2. The molecule has 2 amide bonds. The molecular formula is C30H26BrN3O8. The molecule has 2 N–H and O–H groups in total. The average Bonchev–Trinajstić information content (AvgIpc) is 3.25. The number of methoxy groups -OCH3 is 1. The Morgan fingerprint density at radius 3 is 2.48 bits per heavy atom. The van der Waals surface area contributed by atoms with Crippen molar-refractivity contribution in [2.45, 2.75) is 13.8 Å². The number of esters is 1. The van der Waals surface area contributed by atoms with E-state index in [1.807, 2.05) is 0 Å². The van der Waals surface area contributed by atoms with E-state index in [2.05, 4.69) is 26.3 Å². The van der Waals surface area contributed by atoms with Crippen LogP contribution in [0.15, 0.2) is 75.8 Å². The lowest BCUT2D eigenvalue weighted by Gasteiger charge is -2.14. The van der Waals surface area contributed by atoms with Crippen molar-refractivity contribution in [1.82, 2.24) is 0 Å². The molecule has 11 nitrogen and oxygen atoms in total. The van der Waals surface area contributed by atoms with E-state index in [1.54, 1.807) is 68.5 Å². The van der Waals surface area contributed by atoms with E-state index in [9.17, 15) is 24.3 Å². The summed E-state index contributed by atoms with van der Waals surface area (Å²) in [5.41, 5.74) is 2.57. The monoisotopic (exact) mass is 635 g/mol. The number of hydrogen-bond donors (Lipinski definition) is 2. The molecule has 1 aliphatic heterocycles. The number of aromatic carboxylic acids is 1. The number of benzene rings is 3. The van der Waals surface area contributed by atoms with E-state index >= 15 is 0 Å². The van der Waals surface area contributed by atoms with Crippen molar-refractivity contribution < 1.29 is 38.5 Å². The van der Waals surface area contributed by atoms with Crippen molar-refractivity contribution in [3.63, 3.8) is 0 Å². The normalized spacial score (nSPS) is 13.5. The topological polar surface area (TPSA) is 144 Å². The number of anilines is 2. The van der Waals surface area contributed by atoms with Gasteiger partial charge in [0, 0.05) is 5.69 Å². The van der Waals surface area contributed by atoms with Crippen molar-refractivity contribution in [2.24, 2.45) is 5.10 Å². The van der Waals surface area contributed by atoms with Crippen LogP contribution >= 0.6 is 15.9 Å². The van der Waals surface area contributed by atoms with Crippen LogP contribution in [0.2, 0.25) is 0 Å². The van der Waals surface area contributed by atoms with Gasteiger partial charge in [0.2, 0.25) is 0 Å².